The van der Waals surface area contributed by atoms with Crippen LogP contribution in [0.5, 0.6) is 0 Å². The SMILES string of the molecule is C[C@@H]1Cc2cc(S(N)(=O)=O)ccc2N1C(=O)Cn1cnc(C#N)n1. The average molecular weight is 346 g/mol. The molecule has 124 valence electrons. The van der Waals surface area contributed by atoms with E-state index in [0.29, 0.717) is 12.1 Å². The Balaban J connectivity index is 1.88. The van der Waals surface area contributed by atoms with Gasteiger partial charge >= 0.3 is 0 Å². The summed E-state index contributed by atoms with van der Waals surface area (Å²) in [5.74, 6) is -0.227. The van der Waals surface area contributed by atoms with Crippen LogP contribution >= 0.6 is 0 Å². The second-order valence-electron chi connectivity index (χ2n) is 5.53. The van der Waals surface area contributed by atoms with Crippen molar-refractivity contribution in [1.82, 2.24) is 14.8 Å². The van der Waals surface area contributed by atoms with Crippen LogP contribution in [-0.2, 0) is 27.8 Å². The topological polar surface area (TPSA) is 135 Å². The lowest BCUT2D eigenvalue weighted by Crippen LogP contribution is -2.38. The van der Waals surface area contributed by atoms with Crippen molar-refractivity contribution in [3.63, 3.8) is 0 Å². The highest BCUT2D eigenvalue weighted by Crippen LogP contribution is 2.33. The molecular weight excluding hydrogens is 332 g/mol. The van der Waals surface area contributed by atoms with E-state index in [-0.39, 0.29) is 29.2 Å². The van der Waals surface area contributed by atoms with Gasteiger partial charge in [0.2, 0.25) is 15.9 Å². The fourth-order valence-electron chi connectivity index (χ4n) is 2.80. The van der Waals surface area contributed by atoms with E-state index in [1.165, 1.54) is 23.1 Å². The van der Waals surface area contributed by atoms with Gasteiger partial charge in [0, 0.05) is 11.7 Å². The first-order chi connectivity index (χ1) is 11.3. The Kier molecular flexibility index (Phi) is 3.82. The summed E-state index contributed by atoms with van der Waals surface area (Å²) < 4.78 is 24.2. The number of nitrogens with zero attached hydrogens (tertiary/aromatic N) is 5. The van der Waals surface area contributed by atoms with Crippen molar-refractivity contribution < 1.29 is 13.2 Å². The molecule has 1 aromatic carbocycles. The molecule has 1 aliphatic rings. The number of benzene rings is 1. The van der Waals surface area contributed by atoms with Gasteiger partial charge in [0.15, 0.2) is 0 Å². The van der Waals surface area contributed by atoms with Gasteiger partial charge in [0.1, 0.15) is 18.9 Å². The summed E-state index contributed by atoms with van der Waals surface area (Å²) in [6.45, 7) is 1.81. The first-order valence-corrected chi connectivity index (χ1v) is 8.61. The zero-order chi connectivity index (χ0) is 17.5. The van der Waals surface area contributed by atoms with Crippen molar-refractivity contribution in [3.05, 3.63) is 35.9 Å². The van der Waals surface area contributed by atoms with E-state index in [0.717, 1.165) is 5.56 Å². The molecule has 0 aliphatic carbocycles. The number of hydrogen-bond acceptors (Lipinski definition) is 6. The number of primary sulfonamides is 1. The minimum atomic E-state index is -3.78. The Morgan fingerprint density at radius 2 is 2.25 bits per heavy atom. The molecule has 0 spiro atoms. The van der Waals surface area contributed by atoms with Crippen molar-refractivity contribution in [2.24, 2.45) is 5.14 Å². The second-order valence-corrected chi connectivity index (χ2v) is 7.09. The lowest BCUT2D eigenvalue weighted by Gasteiger charge is -2.22. The molecule has 0 radical (unpaired) electrons. The lowest BCUT2D eigenvalue weighted by molar-refractivity contribution is -0.119. The molecule has 24 heavy (non-hydrogen) atoms. The third-order valence-electron chi connectivity index (χ3n) is 3.80. The van der Waals surface area contributed by atoms with Gasteiger partial charge in [-0.25, -0.2) is 23.2 Å². The van der Waals surface area contributed by atoms with E-state index >= 15 is 0 Å². The zero-order valence-corrected chi connectivity index (χ0v) is 13.6. The van der Waals surface area contributed by atoms with Crippen molar-refractivity contribution >= 4 is 21.6 Å². The van der Waals surface area contributed by atoms with Crippen molar-refractivity contribution in [2.75, 3.05) is 4.90 Å². The molecule has 1 aliphatic heterocycles. The summed E-state index contributed by atoms with van der Waals surface area (Å²) in [5.41, 5.74) is 1.40. The molecule has 3 rings (SSSR count). The number of amides is 1. The number of aromatic nitrogens is 3. The number of hydrogen-bond donors (Lipinski definition) is 1. The Morgan fingerprint density at radius 1 is 1.50 bits per heavy atom. The van der Waals surface area contributed by atoms with Gasteiger partial charge in [0.25, 0.3) is 5.82 Å². The van der Waals surface area contributed by atoms with Gasteiger partial charge < -0.3 is 4.90 Å². The van der Waals surface area contributed by atoms with E-state index in [1.807, 2.05) is 6.92 Å². The standard InChI is InChI=1S/C14H14N6O3S/c1-9-4-10-5-11(24(16,22)23)2-3-12(10)20(9)14(21)7-19-8-17-13(6-15)18-19/h2-3,5,8-9H,4,7H2,1H3,(H2,16,22,23)/t9-/m1/s1. The van der Waals surface area contributed by atoms with Crippen LogP contribution < -0.4 is 10.0 Å². The van der Waals surface area contributed by atoms with Crippen LogP contribution in [0.1, 0.15) is 18.3 Å². The molecular formula is C14H14N6O3S. The van der Waals surface area contributed by atoms with Crippen LogP contribution in [0.25, 0.3) is 0 Å². The van der Waals surface area contributed by atoms with Gasteiger partial charge in [-0.2, -0.15) is 5.26 Å². The quantitative estimate of drug-likeness (QED) is 0.816. The number of rotatable bonds is 3. The molecule has 0 fully saturated rings. The monoisotopic (exact) mass is 346 g/mol. The molecule has 1 aromatic heterocycles. The fourth-order valence-corrected chi connectivity index (χ4v) is 3.37. The Hall–Kier alpha value is -2.77. The summed E-state index contributed by atoms with van der Waals surface area (Å²) in [4.78, 5) is 18.0. The molecule has 2 heterocycles. The van der Waals surface area contributed by atoms with Gasteiger partial charge in [-0.1, -0.05) is 0 Å². The summed E-state index contributed by atoms with van der Waals surface area (Å²) in [6, 6.07) is 6.14. The highest BCUT2D eigenvalue weighted by atomic mass is 32.2. The molecule has 2 N–H and O–H groups in total. The summed E-state index contributed by atoms with van der Waals surface area (Å²) >= 11 is 0. The number of anilines is 1. The highest BCUT2D eigenvalue weighted by Gasteiger charge is 2.31. The molecule has 0 saturated heterocycles. The van der Waals surface area contributed by atoms with E-state index in [4.69, 9.17) is 10.4 Å². The van der Waals surface area contributed by atoms with Gasteiger partial charge in [-0.3, -0.25) is 4.79 Å². The highest BCUT2D eigenvalue weighted by molar-refractivity contribution is 7.89. The largest absolute Gasteiger partial charge is 0.307 e. The first kappa shape index (κ1) is 16.1. The summed E-state index contributed by atoms with van der Waals surface area (Å²) in [6.07, 6.45) is 1.85. The first-order valence-electron chi connectivity index (χ1n) is 7.07. The minimum Gasteiger partial charge on any atom is -0.307 e. The van der Waals surface area contributed by atoms with Gasteiger partial charge in [-0.05, 0) is 37.1 Å². The third-order valence-corrected chi connectivity index (χ3v) is 4.71. The van der Waals surface area contributed by atoms with E-state index in [2.05, 4.69) is 10.1 Å². The molecule has 0 unspecified atom stereocenters. The predicted molar refractivity (Wildman–Crippen MR) is 83.2 cm³/mol. The second kappa shape index (κ2) is 5.70. The Labute approximate surface area is 138 Å². The lowest BCUT2D eigenvalue weighted by atomic mass is 10.1. The minimum absolute atomic E-state index is 0.00420. The smallest absolute Gasteiger partial charge is 0.252 e. The number of nitrogens with two attached hydrogens (primary N) is 1. The number of sulfonamides is 1. The summed E-state index contributed by atoms with van der Waals surface area (Å²) in [5, 5.41) is 17.7. The van der Waals surface area contributed by atoms with Crippen LogP contribution in [0, 0.1) is 11.3 Å². The van der Waals surface area contributed by atoms with Crippen LogP contribution in [0.3, 0.4) is 0 Å². The number of carbonyl (C=O) groups excluding carboxylic acids is 1. The Morgan fingerprint density at radius 3 is 2.88 bits per heavy atom. The summed E-state index contributed by atoms with van der Waals surface area (Å²) in [7, 11) is -3.78. The van der Waals surface area contributed by atoms with E-state index in [9.17, 15) is 13.2 Å². The number of fused-ring (bicyclic) bond motifs is 1. The molecule has 1 amide bonds. The van der Waals surface area contributed by atoms with Crippen LogP contribution in [0.15, 0.2) is 29.4 Å². The van der Waals surface area contributed by atoms with Crippen molar-refractivity contribution in [3.8, 4) is 6.07 Å². The Bertz CT molecular complexity index is 959. The third kappa shape index (κ3) is 2.86. The fraction of sp³-hybridized carbons (Fsp3) is 0.286. The molecule has 9 nitrogen and oxygen atoms in total. The zero-order valence-electron chi connectivity index (χ0n) is 12.7. The van der Waals surface area contributed by atoms with Crippen molar-refractivity contribution in [2.45, 2.75) is 30.8 Å². The maximum Gasteiger partial charge on any atom is 0.252 e. The molecule has 0 bridgehead atoms. The number of carbonyl (C=O) groups is 1. The van der Waals surface area contributed by atoms with Gasteiger partial charge in [0.05, 0.1) is 4.90 Å². The number of nitriles is 1. The molecule has 0 saturated carbocycles. The molecule has 2 aromatic rings. The van der Waals surface area contributed by atoms with Crippen LogP contribution in [-0.4, -0.2) is 35.1 Å². The van der Waals surface area contributed by atoms with E-state index < -0.39 is 10.0 Å². The average Bonchev–Trinajstić information content (AvgIpc) is 3.08. The van der Waals surface area contributed by atoms with Gasteiger partial charge in [-0.15, -0.1) is 5.10 Å². The maximum absolute atomic E-state index is 12.6. The molecule has 1 atom stereocenters. The van der Waals surface area contributed by atoms with Crippen molar-refractivity contribution in [1.29, 1.82) is 5.26 Å². The normalized spacial score (nSPS) is 16.7. The maximum atomic E-state index is 12.6. The van der Waals surface area contributed by atoms with Crippen LogP contribution in [0.2, 0.25) is 0 Å². The predicted octanol–water partition coefficient (Wildman–Crippen LogP) is -0.225. The van der Waals surface area contributed by atoms with E-state index in [1.54, 1.807) is 17.0 Å². The molecule has 10 heteroatoms. The van der Waals surface area contributed by atoms with Crippen LogP contribution in [0.4, 0.5) is 5.69 Å².